The second-order valence-corrected chi connectivity index (χ2v) is 5.74. The van der Waals surface area contributed by atoms with Gasteiger partial charge >= 0.3 is 0 Å². The Morgan fingerprint density at radius 2 is 1.74 bits per heavy atom. The molecule has 1 heterocycles. The van der Waals surface area contributed by atoms with Gasteiger partial charge in [0.15, 0.2) is 0 Å². The molecule has 23 heavy (non-hydrogen) atoms. The van der Waals surface area contributed by atoms with Crippen molar-refractivity contribution in [3.8, 4) is 11.3 Å². The minimum absolute atomic E-state index is 0.556. The number of rotatable bonds is 5. The summed E-state index contributed by atoms with van der Waals surface area (Å²) in [6, 6.07) is 18.9. The van der Waals surface area contributed by atoms with Crippen LogP contribution < -0.4 is 5.43 Å². The molecule has 0 aliphatic rings. The number of hydrogen-bond donors (Lipinski definition) is 1. The van der Waals surface area contributed by atoms with Crippen LogP contribution in [0.5, 0.6) is 0 Å². The van der Waals surface area contributed by atoms with Crippen LogP contribution in [0.1, 0.15) is 11.3 Å². The zero-order valence-corrected chi connectivity index (χ0v) is 13.7. The fourth-order valence-corrected chi connectivity index (χ4v) is 2.40. The van der Waals surface area contributed by atoms with Crippen LogP contribution in [0.2, 0.25) is 10.0 Å². The van der Waals surface area contributed by atoms with Crippen molar-refractivity contribution in [2.45, 2.75) is 6.54 Å². The molecule has 0 radical (unpaired) electrons. The van der Waals surface area contributed by atoms with Crippen molar-refractivity contribution >= 4 is 29.4 Å². The SMILES string of the molecule is Clc1ccc(-c2ccc(/C=N\NCc3ccccc3Cl)o2)cc1. The molecular formula is C18H14Cl2N2O. The van der Waals surface area contributed by atoms with Crippen molar-refractivity contribution in [3.63, 3.8) is 0 Å². The third-order valence-electron chi connectivity index (χ3n) is 3.27. The molecule has 0 amide bonds. The Morgan fingerprint density at radius 1 is 0.957 bits per heavy atom. The molecule has 0 fully saturated rings. The van der Waals surface area contributed by atoms with Crippen molar-refractivity contribution in [2.75, 3.05) is 0 Å². The highest BCUT2D eigenvalue weighted by Gasteiger charge is 2.03. The van der Waals surface area contributed by atoms with Gasteiger partial charge in [0.25, 0.3) is 0 Å². The summed E-state index contributed by atoms with van der Waals surface area (Å²) in [5.74, 6) is 1.44. The minimum atomic E-state index is 0.556. The number of nitrogens with one attached hydrogen (secondary N) is 1. The predicted molar refractivity (Wildman–Crippen MR) is 95.0 cm³/mol. The van der Waals surface area contributed by atoms with Crippen LogP contribution in [0.15, 0.2) is 70.2 Å². The minimum Gasteiger partial charge on any atom is -0.455 e. The van der Waals surface area contributed by atoms with E-state index in [1.807, 2.05) is 60.7 Å². The Bertz CT molecular complexity index is 810. The monoisotopic (exact) mass is 344 g/mol. The molecule has 3 rings (SSSR count). The summed E-state index contributed by atoms with van der Waals surface area (Å²) in [6.07, 6.45) is 1.64. The van der Waals surface area contributed by atoms with Crippen molar-refractivity contribution in [1.82, 2.24) is 5.43 Å². The second-order valence-electron chi connectivity index (χ2n) is 4.89. The quantitative estimate of drug-likeness (QED) is 0.498. The van der Waals surface area contributed by atoms with Crippen LogP contribution in [0.4, 0.5) is 0 Å². The van der Waals surface area contributed by atoms with E-state index in [0.717, 1.165) is 21.9 Å². The maximum atomic E-state index is 6.08. The van der Waals surface area contributed by atoms with Gasteiger partial charge in [-0.3, -0.25) is 0 Å². The Hall–Kier alpha value is -2.23. The van der Waals surface area contributed by atoms with Crippen molar-refractivity contribution in [3.05, 3.63) is 82.0 Å². The molecule has 0 saturated carbocycles. The molecule has 116 valence electrons. The molecule has 2 aromatic carbocycles. The summed E-state index contributed by atoms with van der Waals surface area (Å²) in [7, 11) is 0. The molecule has 0 aliphatic carbocycles. The standard InChI is InChI=1S/C18H14Cl2N2O/c19-15-7-5-13(6-8-15)18-10-9-16(23-18)12-22-21-11-14-3-1-2-4-17(14)20/h1-10,12,21H,11H2/b22-12-. The Labute approximate surface area is 144 Å². The van der Waals surface area contributed by atoms with Crippen LogP contribution >= 0.6 is 23.2 Å². The van der Waals surface area contributed by atoms with E-state index in [0.29, 0.717) is 17.3 Å². The van der Waals surface area contributed by atoms with Crippen LogP contribution in [0, 0.1) is 0 Å². The van der Waals surface area contributed by atoms with Gasteiger partial charge in [-0.1, -0.05) is 41.4 Å². The topological polar surface area (TPSA) is 37.5 Å². The van der Waals surface area contributed by atoms with E-state index >= 15 is 0 Å². The van der Waals surface area contributed by atoms with E-state index in [2.05, 4.69) is 10.5 Å². The van der Waals surface area contributed by atoms with Gasteiger partial charge in [0, 0.05) is 15.6 Å². The molecule has 0 aliphatic heterocycles. The average molecular weight is 345 g/mol. The number of hydrogen-bond acceptors (Lipinski definition) is 3. The van der Waals surface area contributed by atoms with E-state index in [1.165, 1.54) is 0 Å². The van der Waals surface area contributed by atoms with Gasteiger partial charge < -0.3 is 9.84 Å². The normalized spacial score (nSPS) is 11.0. The van der Waals surface area contributed by atoms with E-state index in [9.17, 15) is 0 Å². The van der Waals surface area contributed by atoms with Gasteiger partial charge in [0.2, 0.25) is 0 Å². The van der Waals surface area contributed by atoms with Crippen LogP contribution in [-0.2, 0) is 6.54 Å². The molecule has 0 spiro atoms. The summed E-state index contributed by atoms with van der Waals surface area (Å²) in [5.41, 5.74) is 4.92. The lowest BCUT2D eigenvalue weighted by atomic mass is 10.2. The van der Waals surface area contributed by atoms with Crippen molar-refractivity contribution in [2.24, 2.45) is 5.10 Å². The molecule has 0 saturated heterocycles. The summed E-state index contributed by atoms with van der Waals surface area (Å²) in [6.45, 7) is 0.556. The highest BCUT2D eigenvalue weighted by atomic mass is 35.5. The maximum Gasteiger partial charge on any atom is 0.147 e. The first-order valence-corrected chi connectivity index (χ1v) is 7.83. The second kappa shape index (κ2) is 7.36. The highest BCUT2D eigenvalue weighted by molar-refractivity contribution is 6.31. The van der Waals surface area contributed by atoms with Gasteiger partial charge in [-0.15, -0.1) is 0 Å². The van der Waals surface area contributed by atoms with Gasteiger partial charge in [0.05, 0.1) is 12.8 Å². The van der Waals surface area contributed by atoms with Crippen molar-refractivity contribution < 1.29 is 4.42 Å². The lowest BCUT2D eigenvalue weighted by Crippen LogP contribution is -2.05. The Kier molecular flexibility index (Phi) is 5.01. The molecular weight excluding hydrogens is 331 g/mol. The van der Waals surface area contributed by atoms with Crippen LogP contribution in [-0.4, -0.2) is 6.21 Å². The lowest BCUT2D eigenvalue weighted by Gasteiger charge is -2.02. The van der Waals surface area contributed by atoms with Gasteiger partial charge in [-0.25, -0.2) is 0 Å². The molecule has 3 aromatic rings. The van der Waals surface area contributed by atoms with E-state index in [1.54, 1.807) is 6.21 Å². The largest absolute Gasteiger partial charge is 0.455 e. The predicted octanol–water partition coefficient (Wildman–Crippen LogP) is 5.38. The van der Waals surface area contributed by atoms with Crippen molar-refractivity contribution in [1.29, 1.82) is 0 Å². The molecule has 1 N–H and O–H groups in total. The number of furan rings is 1. The zero-order valence-electron chi connectivity index (χ0n) is 12.2. The number of benzene rings is 2. The number of hydrazone groups is 1. The molecule has 0 bridgehead atoms. The molecule has 5 heteroatoms. The van der Waals surface area contributed by atoms with E-state index < -0.39 is 0 Å². The molecule has 0 unspecified atom stereocenters. The Morgan fingerprint density at radius 3 is 2.52 bits per heavy atom. The zero-order chi connectivity index (χ0) is 16.1. The summed E-state index contributed by atoms with van der Waals surface area (Å²) in [5, 5.41) is 5.57. The number of halogens is 2. The van der Waals surface area contributed by atoms with Gasteiger partial charge in [-0.05, 0) is 48.0 Å². The van der Waals surface area contributed by atoms with Crippen LogP contribution in [0.3, 0.4) is 0 Å². The summed E-state index contributed by atoms with van der Waals surface area (Å²) in [4.78, 5) is 0. The first kappa shape index (κ1) is 15.7. The van der Waals surface area contributed by atoms with Gasteiger partial charge in [0.1, 0.15) is 11.5 Å². The van der Waals surface area contributed by atoms with E-state index in [4.69, 9.17) is 27.6 Å². The summed E-state index contributed by atoms with van der Waals surface area (Å²) < 4.78 is 5.73. The Balaban J connectivity index is 1.60. The van der Waals surface area contributed by atoms with E-state index in [-0.39, 0.29) is 0 Å². The first-order valence-electron chi connectivity index (χ1n) is 7.07. The van der Waals surface area contributed by atoms with Gasteiger partial charge in [-0.2, -0.15) is 5.10 Å². The fraction of sp³-hybridized carbons (Fsp3) is 0.0556. The molecule has 3 nitrogen and oxygen atoms in total. The average Bonchev–Trinajstić information content (AvgIpc) is 3.03. The molecule has 1 aromatic heterocycles. The smallest absolute Gasteiger partial charge is 0.147 e. The summed E-state index contributed by atoms with van der Waals surface area (Å²) >= 11 is 12.0. The first-order chi connectivity index (χ1) is 11.2. The lowest BCUT2D eigenvalue weighted by molar-refractivity contribution is 0.573. The highest BCUT2D eigenvalue weighted by Crippen LogP contribution is 2.23. The third kappa shape index (κ3) is 4.15. The third-order valence-corrected chi connectivity index (χ3v) is 3.89. The molecule has 0 atom stereocenters. The van der Waals surface area contributed by atoms with Crippen LogP contribution in [0.25, 0.3) is 11.3 Å². The maximum absolute atomic E-state index is 6.08. The fourth-order valence-electron chi connectivity index (χ4n) is 2.07. The number of nitrogens with zero attached hydrogens (tertiary/aromatic N) is 1.